The molecule has 0 radical (unpaired) electrons. The van der Waals surface area contributed by atoms with Crippen LogP contribution in [0.4, 0.5) is 15.8 Å². The summed E-state index contributed by atoms with van der Waals surface area (Å²) in [6.07, 6.45) is 0. The zero-order valence-electron chi connectivity index (χ0n) is 10.0. The Bertz CT molecular complexity index is 678. The van der Waals surface area contributed by atoms with Crippen molar-refractivity contribution in [1.29, 1.82) is 0 Å². The molecule has 0 fully saturated rings. The molecule has 0 aliphatic heterocycles. The first-order valence-electron chi connectivity index (χ1n) is 5.31. The van der Waals surface area contributed by atoms with Gasteiger partial charge in [0, 0.05) is 18.2 Å². The Balaban J connectivity index is 2.52. The summed E-state index contributed by atoms with van der Waals surface area (Å²) >= 11 is 5.60. The molecule has 0 aliphatic rings. The molecule has 0 unspecified atom stereocenters. The average molecular weight is 314 g/mol. The Labute approximate surface area is 121 Å². The molecule has 1 aromatic heterocycles. The fourth-order valence-electron chi connectivity index (χ4n) is 1.45. The van der Waals surface area contributed by atoms with Crippen LogP contribution in [0.1, 0.15) is 0 Å². The smallest absolute Gasteiger partial charge is 0.331 e. The second-order valence-corrected chi connectivity index (χ2v) is 4.07. The summed E-state index contributed by atoms with van der Waals surface area (Å²) in [6, 6.07) is 4.65. The maximum atomic E-state index is 13.2. The summed E-state index contributed by atoms with van der Waals surface area (Å²) in [6.45, 7) is 0. The minimum absolute atomic E-state index is 0.116. The summed E-state index contributed by atoms with van der Waals surface area (Å²) < 4.78 is 18.2. The molecule has 0 bridgehead atoms. The van der Waals surface area contributed by atoms with E-state index >= 15 is 0 Å². The molecule has 1 aromatic carbocycles. The third-order valence-corrected chi connectivity index (χ3v) is 2.54. The summed E-state index contributed by atoms with van der Waals surface area (Å²) in [7, 11) is 0. The van der Waals surface area contributed by atoms with Crippen molar-refractivity contribution in [2.45, 2.75) is 0 Å². The topological polar surface area (TPSA) is 108 Å². The lowest BCUT2D eigenvalue weighted by Crippen LogP contribution is -1.99. The SMILES string of the molecule is O=[N+]([O-])c1ccc(F)cc1Oc1nc(Cl)ccc1[N+](=O)[O-]. The molecule has 21 heavy (non-hydrogen) atoms. The Morgan fingerprint density at radius 1 is 1.10 bits per heavy atom. The van der Waals surface area contributed by atoms with Crippen LogP contribution in [0.2, 0.25) is 5.15 Å². The van der Waals surface area contributed by atoms with Gasteiger partial charge in [-0.05, 0) is 12.1 Å². The van der Waals surface area contributed by atoms with E-state index in [4.69, 9.17) is 16.3 Å². The zero-order chi connectivity index (χ0) is 15.6. The minimum atomic E-state index is -0.814. The monoisotopic (exact) mass is 313 g/mol. The standard InChI is InChI=1S/C11H5ClFN3O5/c12-10-4-3-8(16(19)20)11(14-10)21-9-5-6(13)1-2-7(9)15(17)18/h1-5H. The van der Waals surface area contributed by atoms with Crippen LogP contribution >= 0.6 is 11.6 Å². The Kier molecular flexibility index (Phi) is 3.94. The second-order valence-electron chi connectivity index (χ2n) is 3.69. The van der Waals surface area contributed by atoms with E-state index in [0.29, 0.717) is 0 Å². The van der Waals surface area contributed by atoms with E-state index in [1.165, 1.54) is 0 Å². The van der Waals surface area contributed by atoms with Gasteiger partial charge in [0.05, 0.1) is 9.85 Å². The van der Waals surface area contributed by atoms with E-state index in [2.05, 4.69) is 4.98 Å². The molecule has 108 valence electrons. The van der Waals surface area contributed by atoms with Gasteiger partial charge in [0.25, 0.3) is 0 Å². The van der Waals surface area contributed by atoms with Gasteiger partial charge in [0.1, 0.15) is 11.0 Å². The number of nitro benzene ring substituents is 1. The van der Waals surface area contributed by atoms with Crippen LogP contribution in [0, 0.1) is 26.0 Å². The second kappa shape index (κ2) is 5.67. The fraction of sp³-hybridized carbons (Fsp3) is 0. The van der Waals surface area contributed by atoms with E-state index in [9.17, 15) is 24.6 Å². The predicted octanol–water partition coefficient (Wildman–Crippen LogP) is 3.48. The van der Waals surface area contributed by atoms with E-state index in [0.717, 1.165) is 30.3 Å². The molecule has 10 heteroatoms. The summed E-state index contributed by atoms with van der Waals surface area (Å²) in [5.74, 6) is -1.89. The highest BCUT2D eigenvalue weighted by Gasteiger charge is 2.23. The number of aromatic nitrogens is 1. The van der Waals surface area contributed by atoms with E-state index in [1.54, 1.807) is 0 Å². The summed E-state index contributed by atoms with van der Waals surface area (Å²) in [4.78, 5) is 23.6. The fourth-order valence-corrected chi connectivity index (χ4v) is 1.59. The van der Waals surface area contributed by atoms with Crippen molar-refractivity contribution < 1.29 is 19.0 Å². The number of rotatable bonds is 4. The molecular weight excluding hydrogens is 309 g/mol. The lowest BCUT2D eigenvalue weighted by molar-refractivity contribution is -0.387. The quantitative estimate of drug-likeness (QED) is 0.485. The van der Waals surface area contributed by atoms with Crippen molar-refractivity contribution in [1.82, 2.24) is 4.98 Å². The molecular formula is C11H5ClFN3O5. The summed E-state index contributed by atoms with van der Waals surface area (Å²) in [5, 5.41) is 21.6. The van der Waals surface area contributed by atoms with E-state index in [-0.39, 0.29) is 5.15 Å². The number of nitrogens with zero attached hydrogens (tertiary/aromatic N) is 3. The molecule has 0 spiro atoms. The van der Waals surface area contributed by atoms with Crippen molar-refractivity contribution in [3.05, 3.63) is 61.5 Å². The lowest BCUT2D eigenvalue weighted by atomic mass is 10.3. The van der Waals surface area contributed by atoms with Crippen molar-refractivity contribution in [3.8, 4) is 11.6 Å². The first kappa shape index (κ1) is 14.6. The number of ether oxygens (including phenoxy) is 1. The van der Waals surface area contributed by atoms with Crippen molar-refractivity contribution in [3.63, 3.8) is 0 Å². The number of pyridine rings is 1. The van der Waals surface area contributed by atoms with Gasteiger partial charge in [0.15, 0.2) is 0 Å². The molecule has 1 heterocycles. The molecule has 0 saturated heterocycles. The Morgan fingerprint density at radius 3 is 2.33 bits per heavy atom. The molecule has 0 amide bonds. The van der Waals surface area contributed by atoms with Crippen LogP contribution in [0.15, 0.2) is 30.3 Å². The van der Waals surface area contributed by atoms with Gasteiger partial charge < -0.3 is 4.74 Å². The van der Waals surface area contributed by atoms with E-state index in [1.807, 2.05) is 0 Å². The third kappa shape index (κ3) is 3.20. The van der Waals surface area contributed by atoms with Gasteiger partial charge in [-0.3, -0.25) is 20.2 Å². The van der Waals surface area contributed by atoms with Gasteiger partial charge in [-0.15, -0.1) is 0 Å². The molecule has 0 saturated carbocycles. The molecule has 2 rings (SSSR count). The largest absolute Gasteiger partial charge is 0.426 e. The number of hydrogen-bond acceptors (Lipinski definition) is 6. The highest BCUT2D eigenvalue weighted by molar-refractivity contribution is 6.29. The number of hydrogen-bond donors (Lipinski definition) is 0. The number of benzene rings is 1. The van der Waals surface area contributed by atoms with Crippen LogP contribution in [0.5, 0.6) is 11.6 Å². The van der Waals surface area contributed by atoms with Crippen molar-refractivity contribution in [2.24, 2.45) is 0 Å². The summed E-state index contributed by atoms with van der Waals surface area (Å²) in [5.41, 5.74) is -1.12. The maximum Gasteiger partial charge on any atom is 0.331 e. The molecule has 2 aromatic rings. The van der Waals surface area contributed by atoms with Gasteiger partial charge >= 0.3 is 17.3 Å². The molecule has 0 N–H and O–H groups in total. The highest BCUT2D eigenvalue weighted by atomic mass is 35.5. The first-order chi connectivity index (χ1) is 9.88. The number of nitro groups is 2. The molecule has 0 atom stereocenters. The zero-order valence-corrected chi connectivity index (χ0v) is 10.8. The molecule has 8 nitrogen and oxygen atoms in total. The van der Waals surface area contributed by atoms with Gasteiger partial charge in [-0.1, -0.05) is 11.6 Å². The maximum absolute atomic E-state index is 13.2. The van der Waals surface area contributed by atoms with Crippen LogP contribution in [-0.4, -0.2) is 14.8 Å². The van der Waals surface area contributed by atoms with Crippen molar-refractivity contribution >= 4 is 23.0 Å². The Hall–Kier alpha value is -2.81. The van der Waals surface area contributed by atoms with Gasteiger partial charge in [-0.2, -0.15) is 4.98 Å². The lowest BCUT2D eigenvalue weighted by Gasteiger charge is -2.06. The minimum Gasteiger partial charge on any atom is -0.426 e. The highest BCUT2D eigenvalue weighted by Crippen LogP contribution is 2.35. The average Bonchev–Trinajstić information content (AvgIpc) is 2.38. The van der Waals surface area contributed by atoms with Gasteiger partial charge in [-0.25, -0.2) is 4.39 Å². The van der Waals surface area contributed by atoms with Crippen LogP contribution in [0.3, 0.4) is 0 Å². The predicted molar refractivity (Wildman–Crippen MR) is 69.0 cm³/mol. The number of halogens is 2. The third-order valence-electron chi connectivity index (χ3n) is 2.33. The van der Waals surface area contributed by atoms with E-state index < -0.39 is 38.7 Å². The van der Waals surface area contributed by atoms with Crippen molar-refractivity contribution in [2.75, 3.05) is 0 Å². The van der Waals surface area contributed by atoms with Crippen LogP contribution in [0.25, 0.3) is 0 Å². The van der Waals surface area contributed by atoms with Gasteiger partial charge in [0.2, 0.25) is 5.75 Å². The van der Waals surface area contributed by atoms with Crippen LogP contribution < -0.4 is 4.74 Å². The first-order valence-corrected chi connectivity index (χ1v) is 5.69. The normalized spacial score (nSPS) is 10.2. The Morgan fingerprint density at radius 2 is 1.71 bits per heavy atom. The van der Waals surface area contributed by atoms with Crippen LogP contribution in [-0.2, 0) is 0 Å². The molecule has 0 aliphatic carbocycles.